The Labute approximate surface area is 127 Å². The van der Waals surface area contributed by atoms with E-state index < -0.39 is 0 Å². The molecule has 1 unspecified atom stereocenters. The zero-order valence-electron chi connectivity index (χ0n) is 13.1. The van der Waals surface area contributed by atoms with E-state index in [0.717, 1.165) is 24.0 Å². The number of ether oxygens (including phenoxy) is 2. The van der Waals surface area contributed by atoms with Crippen LogP contribution in [0.15, 0.2) is 18.2 Å². The van der Waals surface area contributed by atoms with Crippen LogP contribution in [-0.4, -0.2) is 37.9 Å². The van der Waals surface area contributed by atoms with Crippen LogP contribution in [0.3, 0.4) is 0 Å². The number of nitrogens with one attached hydrogen (secondary N) is 1. The summed E-state index contributed by atoms with van der Waals surface area (Å²) in [7, 11) is 0. The van der Waals surface area contributed by atoms with Crippen molar-refractivity contribution >= 4 is 0 Å². The second-order valence-electron chi connectivity index (χ2n) is 6.07. The van der Waals surface area contributed by atoms with E-state index in [-0.39, 0.29) is 0 Å². The van der Waals surface area contributed by atoms with Crippen molar-refractivity contribution in [1.82, 2.24) is 10.2 Å². The minimum absolute atomic E-state index is 0.347. The largest absolute Gasteiger partial charge is 0.454 e. The van der Waals surface area contributed by atoms with Crippen molar-refractivity contribution in [2.45, 2.75) is 32.7 Å². The fourth-order valence-corrected chi connectivity index (χ4v) is 3.34. The Balaban J connectivity index is 1.67. The smallest absolute Gasteiger partial charge is 0.231 e. The number of benzene rings is 1. The molecule has 21 heavy (non-hydrogen) atoms. The SMILES string of the molecule is CCN(CC1CCNCC1)C(C)c1ccc2c(c1)OCO2. The van der Waals surface area contributed by atoms with E-state index in [1.54, 1.807) is 0 Å². The Morgan fingerprint density at radius 1 is 1.24 bits per heavy atom. The Hall–Kier alpha value is -1.26. The lowest BCUT2D eigenvalue weighted by atomic mass is 9.96. The lowest BCUT2D eigenvalue weighted by Gasteiger charge is -2.33. The zero-order chi connectivity index (χ0) is 14.7. The van der Waals surface area contributed by atoms with Crippen molar-refractivity contribution in [3.05, 3.63) is 23.8 Å². The third-order valence-electron chi connectivity index (χ3n) is 4.78. The summed E-state index contributed by atoms with van der Waals surface area (Å²) < 4.78 is 10.9. The summed E-state index contributed by atoms with van der Waals surface area (Å²) >= 11 is 0. The van der Waals surface area contributed by atoms with E-state index in [2.05, 4.69) is 36.2 Å². The van der Waals surface area contributed by atoms with Gasteiger partial charge in [-0.05, 0) is 63.0 Å². The van der Waals surface area contributed by atoms with Crippen molar-refractivity contribution in [2.75, 3.05) is 33.0 Å². The molecule has 2 aliphatic heterocycles. The van der Waals surface area contributed by atoms with Crippen molar-refractivity contribution in [3.8, 4) is 11.5 Å². The highest BCUT2D eigenvalue weighted by molar-refractivity contribution is 5.45. The van der Waals surface area contributed by atoms with E-state index in [9.17, 15) is 0 Å². The predicted octanol–water partition coefficient (Wildman–Crippen LogP) is 2.80. The third-order valence-corrected chi connectivity index (χ3v) is 4.78. The Morgan fingerprint density at radius 3 is 2.76 bits per heavy atom. The van der Waals surface area contributed by atoms with E-state index in [4.69, 9.17) is 9.47 Å². The molecule has 1 saturated heterocycles. The van der Waals surface area contributed by atoms with Gasteiger partial charge in [0.1, 0.15) is 0 Å². The molecule has 0 radical (unpaired) electrons. The number of fused-ring (bicyclic) bond motifs is 1. The minimum Gasteiger partial charge on any atom is -0.454 e. The van der Waals surface area contributed by atoms with Crippen LogP contribution in [0.25, 0.3) is 0 Å². The van der Waals surface area contributed by atoms with Crippen LogP contribution in [0, 0.1) is 5.92 Å². The summed E-state index contributed by atoms with van der Waals surface area (Å²) in [6, 6.07) is 6.76. The predicted molar refractivity (Wildman–Crippen MR) is 83.8 cm³/mol. The Morgan fingerprint density at radius 2 is 2.00 bits per heavy atom. The first-order valence-corrected chi connectivity index (χ1v) is 8.12. The molecule has 3 rings (SSSR count). The summed E-state index contributed by atoms with van der Waals surface area (Å²) in [6.45, 7) is 9.50. The van der Waals surface area contributed by atoms with Crippen molar-refractivity contribution in [1.29, 1.82) is 0 Å². The van der Waals surface area contributed by atoms with Crippen LogP contribution in [0.4, 0.5) is 0 Å². The maximum atomic E-state index is 5.50. The van der Waals surface area contributed by atoms with Gasteiger partial charge in [-0.1, -0.05) is 13.0 Å². The van der Waals surface area contributed by atoms with Crippen molar-refractivity contribution < 1.29 is 9.47 Å². The van der Waals surface area contributed by atoms with Crippen LogP contribution in [0.2, 0.25) is 0 Å². The van der Waals surface area contributed by atoms with Gasteiger partial charge in [0.15, 0.2) is 11.5 Å². The Bertz CT molecular complexity index is 472. The second-order valence-corrected chi connectivity index (χ2v) is 6.07. The molecule has 1 atom stereocenters. The van der Waals surface area contributed by atoms with E-state index in [1.807, 2.05) is 6.07 Å². The summed E-state index contributed by atoms with van der Waals surface area (Å²) in [5, 5.41) is 3.45. The maximum absolute atomic E-state index is 5.50. The summed E-state index contributed by atoms with van der Waals surface area (Å²) in [4.78, 5) is 2.58. The van der Waals surface area contributed by atoms with Crippen LogP contribution in [0.5, 0.6) is 11.5 Å². The van der Waals surface area contributed by atoms with Gasteiger partial charge < -0.3 is 14.8 Å². The molecule has 1 N–H and O–H groups in total. The average Bonchev–Trinajstić information content (AvgIpc) is 3.00. The number of nitrogens with zero attached hydrogens (tertiary/aromatic N) is 1. The van der Waals surface area contributed by atoms with Gasteiger partial charge in [0.05, 0.1) is 0 Å². The fraction of sp³-hybridized carbons (Fsp3) is 0.647. The molecule has 116 valence electrons. The monoisotopic (exact) mass is 290 g/mol. The first-order chi connectivity index (χ1) is 10.3. The molecule has 1 aromatic carbocycles. The number of rotatable bonds is 5. The molecule has 2 heterocycles. The zero-order valence-corrected chi connectivity index (χ0v) is 13.1. The highest BCUT2D eigenvalue weighted by Crippen LogP contribution is 2.35. The van der Waals surface area contributed by atoms with Gasteiger partial charge in [-0.2, -0.15) is 0 Å². The topological polar surface area (TPSA) is 33.7 Å². The van der Waals surface area contributed by atoms with Gasteiger partial charge in [-0.3, -0.25) is 4.90 Å². The second kappa shape index (κ2) is 6.67. The van der Waals surface area contributed by atoms with E-state index in [1.165, 1.54) is 38.0 Å². The van der Waals surface area contributed by atoms with Gasteiger partial charge in [-0.15, -0.1) is 0 Å². The highest BCUT2D eigenvalue weighted by Gasteiger charge is 2.22. The molecule has 1 aromatic rings. The number of hydrogen-bond donors (Lipinski definition) is 1. The molecule has 0 saturated carbocycles. The molecule has 0 aromatic heterocycles. The van der Waals surface area contributed by atoms with Gasteiger partial charge in [-0.25, -0.2) is 0 Å². The first kappa shape index (κ1) is 14.7. The van der Waals surface area contributed by atoms with Crippen molar-refractivity contribution in [3.63, 3.8) is 0 Å². The van der Waals surface area contributed by atoms with Gasteiger partial charge in [0.2, 0.25) is 6.79 Å². The molecular formula is C17H26N2O2. The lowest BCUT2D eigenvalue weighted by molar-refractivity contribution is 0.167. The number of hydrogen-bond acceptors (Lipinski definition) is 4. The van der Waals surface area contributed by atoms with Gasteiger partial charge in [0.25, 0.3) is 0 Å². The normalized spacial score (nSPS) is 20.0. The standard InChI is InChI=1S/C17H26N2O2/c1-3-19(11-14-6-8-18-9-7-14)13(2)15-4-5-16-17(10-15)21-12-20-16/h4-5,10,13-14,18H,3,6-9,11-12H2,1-2H3. The molecule has 4 heteroatoms. The van der Waals surface area contributed by atoms with Crippen LogP contribution >= 0.6 is 0 Å². The molecule has 2 aliphatic rings. The Kier molecular flexibility index (Phi) is 4.66. The van der Waals surface area contributed by atoms with Crippen molar-refractivity contribution in [2.24, 2.45) is 5.92 Å². The summed E-state index contributed by atoms with van der Waals surface area (Å²) in [6.07, 6.45) is 2.59. The molecule has 1 fully saturated rings. The summed E-state index contributed by atoms with van der Waals surface area (Å²) in [5.74, 6) is 2.58. The van der Waals surface area contributed by atoms with E-state index in [0.29, 0.717) is 12.8 Å². The van der Waals surface area contributed by atoms with E-state index >= 15 is 0 Å². The fourth-order valence-electron chi connectivity index (χ4n) is 3.34. The molecule has 0 spiro atoms. The minimum atomic E-state index is 0.347. The molecule has 4 nitrogen and oxygen atoms in total. The highest BCUT2D eigenvalue weighted by atomic mass is 16.7. The molecule has 0 aliphatic carbocycles. The van der Waals surface area contributed by atoms with Gasteiger partial charge >= 0.3 is 0 Å². The first-order valence-electron chi connectivity index (χ1n) is 8.12. The average molecular weight is 290 g/mol. The lowest BCUT2D eigenvalue weighted by Crippen LogP contribution is -2.37. The number of piperidine rings is 1. The van der Waals surface area contributed by atoms with Crippen LogP contribution < -0.4 is 14.8 Å². The summed E-state index contributed by atoms with van der Waals surface area (Å²) in [5.41, 5.74) is 1.31. The quantitative estimate of drug-likeness (QED) is 0.904. The van der Waals surface area contributed by atoms with Crippen LogP contribution in [-0.2, 0) is 0 Å². The molecule has 0 bridgehead atoms. The third kappa shape index (κ3) is 3.33. The van der Waals surface area contributed by atoms with Crippen LogP contribution in [0.1, 0.15) is 38.3 Å². The molecular weight excluding hydrogens is 264 g/mol. The molecule has 0 amide bonds. The van der Waals surface area contributed by atoms with Gasteiger partial charge in [0, 0.05) is 12.6 Å². The maximum Gasteiger partial charge on any atom is 0.231 e.